The van der Waals surface area contributed by atoms with Crippen molar-refractivity contribution in [3.05, 3.63) is 0 Å². The van der Waals surface area contributed by atoms with Crippen molar-refractivity contribution in [3.8, 4) is 0 Å². The number of halogens is 1. The van der Waals surface area contributed by atoms with E-state index in [1.54, 1.807) is 0 Å². The Morgan fingerprint density at radius 3 is 2.53 bits per heavy atom. The molecule has 1 amide bonds. The second-order valence-electron chi connectivity index (χ2n) is 3.82. The van der Waals surface area contributed by atoms with E-state index >= 15 is 0 Å². The van der Waals surface area contributed by atoms with E-state index in [1.165, 1.54) is 0 Å². The number of ether oxygens (including phenoxy) is 1. The lowest BCUT2D eigenvalue weighted by Crippen LogP contribution is -2.41. The SMILES string of the molecule is CCOCC(=O)NC1CCC(N)CC1.Cl. The first-order valence-electron chi connectivity index (χ1n) is 5.35. The molecule has 0 aromatic heterocycles. The second kappa shape index (κ2) is 7.91. The molecule has 0 atom stereocenters. The Hall–Kier alpha value is -0.320. The fourth-order valence-electron chi connectivity index (χ4n) is 1.73. The number of hydrogen-bond donors (Lipinski definition) is 2. The maximum Gasteiger partial charge on any atom is 0.246 e. The van der Waals surface area contributed by atoms with Crippen LogP contribution >= 0.6 is 12.4 Å². The predicted molar refractivity (Wildman–Crippen MR) is 62.1 cm³/mol. The molecule has 1 aliphatic rings. The number of rotatable bonds is 4. The highest BCUT2D eigenvalue weighted by Gasteiger charge is 2.19. The molecule has 0 aromatic rings. The third-order valence-electron chi connectivity index (χ3n) is 2.57. The van der Waals surface area contributed by atoms with Crippen molar-refractivity contribution in [1.82, 2.24) is 5.32 Å². The summed E-state index contributed by atoms with van der Waals surface area (Å²) in [5, 5.41) is 2.95. The Balaban J connectivity index is 0.00000196. The highest BCUT2D eigenvalue weighted by molar-refractivity contribution is 5.85. The monoisotopic (exact) mass is 236 g/mol. The van der Waals surface area contributed by atoms with E-state index in [1.807, 2.05) is 6.92 Å². The molecule has 0 bridgehead atoms. The van der Waals surface area contributed by atoms with E-state index in [4.69, 9.17) is 10.5 Å². The fourth-order valence-corrected chi connectivity index (χ4v) is 1.73. The molecule has 1 rings (SSSR count). The fraction of sp³-hybridized carbons (Fsp3) is 0.900. The molecule has 5 heteroatoms. The van der Waals surface area contributed by atoms with Crippen molar-refractivity contribution in [2.45, 2.75) is 44.7 Å². The van der Waals surface area contributed by atoms with Crippen molar-refractivity contribution in [3.63, 3.8) is 0 Å². The summed E-state index contributed by atoms with van der Waals surface area (Å²) in [7, 11) is 0. The Bertz CT molecular complexity index is 182. The molecule has 4 nitrogen and oxygen atoms in total. The molecule has 1 fully saturated rings. The van der Waals surface area contributed by atoms with Gasteiger partial charge in [0.1, 0.15) is 6.61 Å². The van der Waals surface area contributed by atoms with Crippen LogP contribution in [0.2, 0.25) is 0 Å². The van der Waals surface area contributed by atoms with Gasteiger partial charge in [0.15, 0.2) is 0 Å². The smallest absolute Gasteiger partial charge is 0.246 e. The van der Waals surface area contributed by atoms with Gasteiger partial charge in [-0.15, -0.1) is 12.4 Å². The minimum absolute atomic E-state index is 0. The summed E-state index contributed by atoms with van der Waals surface area (Å²) in [5.74, 6) is -0.00711. The Morgan fingerprint density at radius 1 is 1.40 bits per heavy atom. The standard InChI is InChI=1S/C10H20N2O2.ClH/c1-2-14-7-10(13)12-9-5-3-8(11)4-6-9;/h8-9H,2-7,11H2,1H3,(H,12,13);1H. The normalized spacial score (nSPS) is 25.5. The maximum absolute atomic E-state index is 11.3. The summed E-state index contributed by atoms with van der Waals surface area (Å²) in [6.45, 7) is 2.65. The lowest BCUT2D eigenvalue weighted by Gasteiger charge is -2.26. The highest BCUT2D eigenvalue weighted by atomic mass is 35.5. The maximum atomic E-state index is 11.3. The number of carbonyl (C=O) groups excluding carboxylic acids is 1. The highest BCUT2D eigenvalue weighted by Crippen LogP contribution is 2.16. The molecular formula is C10H21ClN2O2. The van der Waals surface area contributed by atoms with Crippen molar-refractivity contribution in [2.75, 3.05) is 13.2 Å². The van der Waals surface area contributed by atoms with Crippen molar-refractivity contribution in [1.29, 1.82) is 0 Å². The van der Waals surface area contributed by atoms with Gasteiger partial charge in [-0.1, -0.05) is 0 Å². The van der Waals surface area contributed by atoms with Gasteiger partial charge in [0.25, 0.3) is 0 Å². The molecule has 0 unspecified atom stereocenters. The molecule has 0 radical (unpaired) electrons. The van der Waals surface area contributed by atoms with Crippen molar-refractivity contribution < 1.29 is 9.53 Å². The lowest BCUT2D eigenvalue weighted by molar-refractivity contribution is -0.126. The summed E-state index contributed by atoms with van der Waals surface area (Å²) in [6, 6.07) is 0.637. The number of amides is 1. The van der Waals surface area contributed by atoms with Gasteiger partial charge in [-0.25, -0.2) is 0 Å². The van der Waals surface area contributed by atoms with Crippen LogP contribution in [0.4, 0.5) is 0 Å². The van der Waals surface area contributed by atoms with E-state index in [9.17, 15) is 4.79 Å². The van der Waals surface area contributed by atoms with Crippen LogP contribution in [-0.2, 0) is 9.53 Å². The van der Waals surface area contributed by atoms with Gasteiger partial charge in [0.2, 0.25) is 5.91 Å². The Kier molecular flexibility index (Phi) is 7.74. The minimum Gasteiger partial charge on any atom is -0.372 e. The molecule has 0 aliphatic heterocycles. The van der Waals surface area contributed by atoms with E-state index in [-0.39, 0.29) is 24.9 Å². The van der Waals surface area contributed by atoms with Crippen LogP contribution in [0, 0.1) is 0 Å². The van der Waals surface area contributed by atoms with Gasteiger partial charge in [-0.2, -0.15) is 0 Å². The van der Waals surface area contributed by atoms with E-state index in [0.717, 1.165) is 25.7 Å². The van der Waals surface area contributed by atoms with Gasteiger partial charge in [-0.05, 0) is 32.6 Å². The van der Waals surface area contributed by atoms with Crippen LogP contribution in [0.3, 0.4) is 0 Å². The topological polar surface area (TPSA) is 64.3 Å². The van der Waals surface area contributed by atoms with Crippen LogP contribution < -0.4 is 11.1 Å². The van der Waals surface area contributed by atoms with Crippen LogP contribution in [0.15, 0.2) is 0 Å². The molecule has 3 N–H and O–H groups in total. The average Bonchev–Trinajstić information content (AvgIpc) is 2.18. The van der Waals surface area contributed by atoms with Crippen LogP contribution in [0.25, 0.3) is 0 Å². The van der Waals surface area contributed by atoms with E-state index in [2.05, 4.69) is 5.32 Å². The van der Waals surface area contributed by atoms with E-state index < -0.39 is 0 Å². The third-order valence-corrected chi connectivity index (χ3v) is 2.57. The zero-order valence-electron chi connectivity index (χ0n) is 9.20. The molecule has 1 saturated carbocycles. The van der Waals surface area contributed by atoms with Crippen LogP contribution in [0.5, 0.6) is 0 Å². The summed E-state index contributed by atoms with van der Waals surface area (Å²) < 4.78 is 5.02. The molecule has 0 aromatic carbocycles. The van der Waals surface area contributed by atoms with E-state index in [0.29, 0.717) is 18.7 Å². The first-order chi connectivity index (χ1) is 6.72. The Morgan fingerprint density at radius 2 is 2.00 bits per heavy atom. The van der Waals surface area contributed by atoms with Crippen molar-refractivity contribution >= 4 is 18.3 Å². The predicted octanol–water partition coefficient (Wildman–Crippen LogP) is 0.831. The average molecular weight is 237 g/mol. The largest absolute Gasteiger partial charge is 0.372 e. The third kappa shape index (κ3) is 5.97. The second-order valence-corrected chi connectivity index (χ2v) is 3.82. The number of hydrogen-bond acceptors (Lipinski definition) is 3. The van der Waals surface area contributed by atoms with Gasteiger partial charge >= 0.3 is 0 Å². The number of carbonyl (C=O) groups is 1. The van der Waals surface area contributed by atoms with Gasteiger partial charge in [0.05, 0.1) is 0 Å². The molecule has 1 aliphatic carbocycles. The van der Waals surface area contributed by atoms with Gasteiger partial charge in [-0.3, -0.25) is 4.79 Å². The summed E-state index contributed by atoms with van der Waals surface area (Å²) in [4.78, 5) is 11.3. The molecule has 90 valence electrons. The zero-order valence-corrected chi connectivity index (χ0v) is 10.0. The molecule has 0 spiro atoms. The number of nitrogens with two attached hydrogens (primary N) is 1. The summed E-state index contributed by atoms with van der Waals surface area (Å²) >= 11 is 0. The summed E-state index contributed by atoms with van der Waals surface area (Å²) in [6.07, 6.45) is 4.03. The molecule has 0 saturated heterocycles. The Labute approximate surface area is 97.3 Å². The lowest BCUT2D eigenvalue weighted by atomic mass is 9.92. The van der Waals surface area contributed by atoms with Crippen LogP contribution in [-0.4, -0.2) is 31.2 Å². The molecule has 15 heavy (non-hydrogen) atoms. The first kappa shape index (κ1) is 14.7. The summed E-state index contributed by atoms with van der Waals surface area (Å²) in [5.41, 5.74) is 5.77. The minimum atomic E-state index is -0.00711. The van der Waals surface area contributed by atoms with Crippen molar-refractivity contribution in [2.24, 2.45) is 5.73 Å². The molecular weight excluding hydrogens is 216 g/mol. The zero-order chi connectivity index (χ0) is 10.4. The van der Waals surface area contributed by atoms with Crippen LogP contribution in [0.1, 0.15) is 32.6 Å². The van der Waals surface area contributed by atoms with Gasteiger partial charge in [0, 0.05) is 18.7 Å². The first-order valence-corrected chi connectivity index (χ1v) is 5.35. The van der Waals surface area contributed by atoms with Gasteiger partial charge < -0.3 is 15.8 Å². The quantitative estimate of drug-likeness (QED) is 0.760. The number of nitrogens with one attached hydrogen (secondary N) is 1. The molecule has 0 heterocycles.